The summed E-state index contributed by atoms with van der Waals surface area (Å²) in [5, 5.41) is 9.67. The second-order valence-electron chi connectivity index (χ2n) is 9.14. The van der Waals surface area contributed by atoms with Crippen LogP contribution in [-0.2, 0) is 19.1 Å². The third-order valence-electron chi connectivity index (χ3n) is 7.28. The summed E-state index contributed by atoms with van der Waals surface area (Å²) in [6.07, 6.45) is 5.76. The minimum absolute atomic E-state index is 0.000656. The van der Waals surface area contributed by atoms with Gasteiger partial charge in [-0.1, -0.05) is 39.0 Å². The number of amides is 2. The lowest BCUT2D eigenvalue weighted by Crippen LogP contribution is -2.58. The lowest BCUT2D eigenvalue weighted by molar-refractivity contribution is -0.153. The van der Waals surface area contributed by atoms with Crippen LogP contribution >= 0.6 is 11.8 Å². The van der Waals surface area contributed by atoms with Gasteiger partial charge in [-0.15, -0.1) is 18.3 Å². The number of carbonyl (C=O) groups is 3. The van der Waals surface area contributed by atoms with Crippen LogP contribution in [0, 0.1) is 17.8 Å². The summed E-state index contributed by atoms with van der Waals surface area (Å²) in [6.45, 7) is 13.9. The van der Waals surface area contributed by atoms with Crippen molar-refractivity contribution in [2.75, 3.05) is 26.3 Å². The zero-order valence-electron chi connectivity index (χ0n) is 19.4. The Labute approximate surface area is 195 Å². The standard InChI is InChI=1S/C24H36N2O5S/c1-6-9-16(5)25(10-7-2)22(29)20-24-15(4)14-17(32-24)18(23(30)31-13-8-3)19(24)21(28)26(20)11-12-27/h7-8,15-20,27H,2-3,6,9-14H2,1,4-5H3/t15?,16?,17-,18+,19-,20?,24?/m0/s1. The molecule has 1 N–H and O–H groups in total. The number of nitrogens with zero attached hydrogens (tertiary/aromatic N) is 2. The normalized spacial score (nSPS) is 33.7. The lowest BCUT2D eigenvalue weighted by Gasteiger charge is -2.41. The van der Waals surface area contributed by atoms with Gasteiger partial charge in [0.15, 0.2) is 0 Å². The molecule has 0 aliphatic carbocycles. The second kappa shape index (κ2) is 10.00. The molecular weight excluding hydrogens is 428 g/mol. The zero-order chi connectivity index (χ0) is 23.6. The predicted molar refractivity (Wildman–Crippen MR) is 125 cm³/mol. The summed E-state index contributed by atoms with van der Waals surface area (Å²) in [5.41, 5.74) is 0. The van der Waals surface area contributed by atoms with Gasteiger partial charge in [-0.05, 0) is 25.7 Å². The van der Waals surface area contributed by atoms with E-state index in [2.05, 4.69) is 27.0 Å². The first kappa shape index (κ1) is 24.8. The zero-order valence-corrected chi connectivity index (χ0v) is 20.2. The van der Waals surface area contributed by atoms with Crippen LogP contribution in [0.4, 0.5) is 0 Å². The fourth-order valence-electron chi connectivity index (χ4n) is 6.01. The van der Waals surface area contributed by atoms with Crippen molar-refractivity contribution in [3.05, 3.63) is 25.3 Å². The van der Waals surface area contributed by atoms with Crippen LogP contribution in [0.3, 0.4) is 0 Å². The largest absolute Gasteiger partial charge is 0.461 e. The van der Waals surface area contributed by atoms with Crippen LogP contribution < -0.4 is 0 Å². The molecule has 3 rings (SSSR count). The number of rotatable bonds is 11. The molecule has 3 aliphatic heterocycles. The van der Waals surface area contributed by atoms with Crippen LogP contribution in [-0.4, -0.2) is 81.1 Å². The molecule has 0 aromatic heterocycles. The monoisotopic (exact) mass is 464 g/mol. The van der Waals surface area contributed by atoms with E-state index in [-0.39, 0.29) is 48.8 Å². The van der Waals surface area contributed by atoms with Gasteiger partial charge in [0.05, 0.1) is 23.2 Å². The number of aliphatic hydroxyl groups is 1. The predicted octanol–water partition coefficient (Wildman–Crippen LogP) is 2.25. The maximum Gasteiger partial charge on any atom is 0.311 e. The van der Waals surface area contributed by atoms with Gasteiger partial charge in [0.25, 0.3) is 0 Å². The van der Waals surface area contributed by atoms with E-state index in [1.54, 1.807) is 22.7 Å². The molecule has 7 nitrogen and oxygen atoms in total. The molecule has 0 radical (unpaired) electrons. The Morgan fingerprint density at radius 3 is 2.72 bits per heavy atom. The van der Waals surface area contributed by atoms with Crippen molar-refractivity contribution in [1.29, 1.82) is 0 Å². The van der Waals surface area contributed by atoms with Crippen molar-refractivity contribution in [3.8, 4) is 0 Å². The number of carbonyl (C=O) groups excluding carboxylic acids is 3. The highest BCUT2D eigenvalue weighted by Crippen LogP contribution is 2.68. The smallest absolute Gasteiger partial charge is 0.311 e. The van der Waals surface area contributed by atoms with Gasteiger partial charge in [0.2, 0.25) is 11.8 Å². The Morgan fingerprint density at radius 1 is 1.41 bits per heavy atom. The summed E-state index contributed by atoms with van der Waals surface area (Å²) >= 11 is 1.61. The molecule has 3 aliphatic rings. The Balaban J connectivity index is 2.04. The molecule has 2 bridgehead atoms. The average Bonchev–Trinajstić information content (AvgIpc) is 3.34. The highest BCUT2D eigenvalue weighted by Gasteiger charge is 2.76. The van der Waals surface area contributed by atoms with Gasteiger partial charge in [-0.3, -0.25) is 14.4 Å². The minimum Gasteiger partial charge on any atom is -0.461 e. The van der Waals surface area contributed by atoms with Gasteiger partial charge < -0.3 is 19.6 Å². The van der Waals surface area contributed by atoms with Crippen molar-refractivity contribution in [3.63, 3.8) is 0 Å². The molecule has 1 spiro atoms. The summed E-state index contributed by atoms with van der Waals surface area (Å²) in [6, 6.07) is -0.715. The van der Waals surface area contributed by atoms with E-state index in [4.69, 9.17) is 4.74 Å². The topological polar surface area (TPSA) is 87.2 Å². The molecule has 3 fully saturated rings. The quantitative estimate of drug-likeness (QED) is 0.373. The molecule has 7 atom stereocenters. The van der Waals surface area contributed by atoms with Crippen LogP contribution in [0.25, 0.3) is 0 Å². The van der Waals surface area contributed by atoms with E-state index < -0.39 is 28.6 Å². The van der Waals surface area contributed by atoms with Gasteiger partial charge in [0, 0.05) is 24.4 Å². The van der Waals surface area contributed by atoms with Crippen molar-refractivity contribution < 1.29 is 24.2 Å². The van der Waals surface area contributed by atoms with E-state index >= 15 is 0 Å². The lowest BCUT2D eigenvalue weighted by atomic mass is 9.66. The number of ether oxygens (including phenoxy) is 1. The molecule has 0 saturated carbocycles. The number of esters is 1. The molecule has 4 unspecified atom stereocenters. The molecular formula is C24H36N2O5S. The van der Waals surface area contributed by atoms with Crippen LogP contribution in [0.15, 0.2) is 25.3 Å². The minimum atomic E-state index is -0.714. The third-order valence-corrected chi connectivity index (χ3v) is 9.36. The van der Waals surface area contributed by atoms with E-state index in [1.165, 1.54) is 11.0 Å². The van der Waals surface area contributed by atoms with Crippen LogP contribution in [0.2, 0.25) is 0 Å². The first-order valence-electron chi connectivity index (χ1n) is 11.6. The SMILES string of the molecule is C=CCOC(=O)[C@@H]1[C@@H]2CC(C)C3(S2)C(C(=O)N(CC=C)C(C)CCC)N(CCO)C(=O)[C@H]13. The van der Waals surface area contributed by atoms with Crippen molar-refractivity contribution in [1.82, 2.24) is 9.80 Å². The molecule has 32 heavy (non-hydrogen) atoms. The molecule has 2 amide bonds. The number of hydrogen-bond acceptors (Lipinski definition) is 6. The van der Waals surface area contributed by atoms with Gasteiger partial charge >= 0.3 is 5.97 Å². The van der Waals surface area contributed by atoms with Crippen LogP contribution in [0.1, 0.15) is 40.0 Å². The number of hydrogen-bond donors (Lipinski definition) is 1. The molecule has 178 valence electrons. The Hall–Kier alpha value is -1.80. The Morgan fingerprint density at radius 2 is 2.12 bits per heavy atom. The summed E-state index contributed by atoms with van der Waals surface area (Å²) < 4.78 is 4.67. The third kappa shape index (κ3) is 3.79. The number of β-amino-alcohol motifs (C(OH)–C–C–N with tert-alkyl or cyclic N) is 1. The second-order valence-corrected chi connectivity index (χ2v) is 10.7. The highest BCUT2D eigenvalue weighted by molar-refractivity contribution is 8.02. The van der Waals surface area contributed by atoms with Gasteiger partial charge in [0.1, 0.15) is 12.6 Å². The molecule has 0 aromatic rings. The maximum absolute atomic E-state index is 14.1. The van der Waals surface area contributed by atoms with E-state index in [1.807, 2.05) is 6.92 Å². The van der Waals surface area contributed by atoms with E-state index in [9.17, 15) is 19.5 Å². The first-order chi connectivity index (χ1) is 15.3. The van der Waals surface area contributed by atoms with E-state index in [0.29, 0.717) is 6.54 Å². The fraction of sp³-hybridized carbons (Fsp3) is 0.708. The molecule has 8 heteroatoms. The summed E-state index contributed by atoms with van der Waals surface area (Å²) in [4.78, 5) is 44.0. The molecule has 0 aromatic carbocycles. The number of fused-ring (bicyclic) bond motifs is 1. The van der Waals surface area contributed by atoms with Gasteiger partial charge in [-0.2, -0.15) is 0 Å². The summed E-state index contributed by atoms with van der Waals surface area (Å²) in [5.74, 6) is -1.85. The van der Waals surface area contributed by atoms with Crippen molar-refractivity contribution >= 4 is 29.5 Å². The Kier molecular flexibility index (Phi) is 7.76. The molecule has 3 heterocycles. The summed E-state index contributed by atoms with van der Waals surface area (Å²) in [7, 11) is 0. The first-order valence-corrected chi connectivity index (χ1v) is 12.5. The van der Waals surface area contributed by atoms with Crippen LogP contribution in [0.5, 0.6) is 0 Å². The van der Waals surface area contributed by atoms with Gasteiger partial charge in [-0.25, -0.2) is 0 Å². The number of thioether (sulfide) groups is 1. The number of aliphatic hydroxyl groups excluding tert-OH is 1. The fourth-order valence-corrected chi connectivity index (χ4v) is 8.41. The maximum atomic E-state index is 14.1. The number of likely N-dealkylation sites (tertiary alicyclic amines) is 1. The highest BCUT2D eigenvalue weighted by atomic mass is 32.2. The van der Waals surface area contributed by atoms with E-state index in [0.717, 1.165) is 19.3 Å². The Bertz CT molecular complexity index is 773. The van der Waals surface area contributed by atoms with Crippen molar-refractivity contribution in [2.24, 2.45) is 17.8 Å². The average molecular weight is 465 g/mol. The van der Waals surface area contributed by atoms with Crippen molar-refractivity contribution in [2.45, 2.75) is 62.1 Å². The molecule has 3 saturated heterocycles.